The number of nitrogens with zero attached hydrogens (tertiary/aromatic N) is 5. The third-order valence-corrected chi connectivity index (χ3v) is 6.44. The number of likely N-dealkylation sites (tertiary alicyclic amines) is 1. The summed E-state index contributed by atoms with van der Waals surface area (Å²) >= 11 is 0. The Labute approximate surface area is 192 Å². The van der Waals surface area contributed by atoms with Gasteiger partial charge in [-0.05, 0) is 48.7 Å². The fourth-order valence-corrected chi connectivity index (χ4v) is 4.70. The molecule has 0 spiro atoms. The molecule has 168 valence electrons. The van der Waals surface area contributed by atoms with E-state index in [1.165, 1.54) is 17.2 Å². The molecule has 7 heteroatoms. The number of pyridine rings is 2. The van der Waals surface area contributed by atoms with E-state index >= 15 is 0 Å². The Hall–Kier alpha value is -3.58. The van der Waals surface area contributed by atoms with Gasteiger partial charge in [0.05, 0.1) is 11.9 Å². The van der Waals surface area contributed by atoms with E-state index in [4.69, 9.17) is 4.98 Å². The summed E-state index contributed by atoms with van der Waals surface area (Å²) in [6.07, 6.45) is 5.82. The Morgan fingerprint density at radius 1 is 0.970 bits per heavy atom. The molecule has 7 nitrogen and oxygen atoms in total. The number of aromatic nitrogens is 4. The first-order valence-electron chi connectivity index (χ1n) is 11.4. The molecule has 1 aliphatic rings. The fourth-order valence-electron chi connectivity index (χ4n) is 4.70. The molecule has 1 aliphatic heterocycles. The van der Waals surface area contributed by atoms with E-state index in [2.05, 4.69) is 16.0 Å². The Bertz CT molecular complexity index is 1380. The molecule has 1 saturated heterocycles. The largest absolute Gasteiger partial charge is 0.332 e. The second-order valence-corrected chi connectivity index (χ2v) is 8.76. The lowest BCUT2D eigenvalue weighted by Crippen LogP contribution is -2.39. The number of hydrogen-bond donors (Lipinski definition) is 0. The molecular formula is C26H27N5O2. The smallest absolute Gasteiger partial charge is 0.298 e. The summed E-state index contributed by atoms with van der Waals surface area (Å²) in [5, 5.41) is 0.472. The van der Waals surface area contributed by atoms with Crippen LogP contribution < -0.4 is 11.2 Å². The van der Waals surface area contributed by atoms with Crippen molar-refractivity contribution >= 4 is 11.0 Å². The normalized spacial score (nSPS) is 16.8. The maximum atomic E-state index is 13.0. The minimum atomic E-state index is -0.345. The second-order valence-electron chi connectivity index (χ2n) is 8.76. The van der Waals surface area contributed by atoms with Crippen molar-refractivity contribution in [2.75, 3.05) is 13.1 Å². The van der Waals surface area contributed by atoms with Gasteiger partial charge in [-0.15, -0.1) is 0 Å². The van der Waals surface area contributed by atoms with E-state index in [1.54, 1.807) is 10.8 Å². The van der Waals surface area contributed by atoms with Gasteiger partial charge in [-0.2, -0.15) is 0 Å². The lowest BCUT2D eigenvalue weighted by atomic mass is 9.94. The van der Waals surface area contributed by atoms with Crippen molar-refractivity contribution in [1.82, 2.24) is 24.0 Å². The number of hydrogen-bond acceptors (Lipinski definition) is 5. The van der Waals surface area contributed by atoms with Crippen LogP contribution in [0.2, 0.25) is 0 Å². The third kappa shape index (κ3) is 4.36. The van der Waals surface area contributed by atoms with Crippen molar-refractivity contribution in [3.8, 4) is 0 Å². The highest BCUT2D eigenvalue weighted by Gasteiger charge is 2.24. The molecule has 4 heterocycles. The summed E-state index contributed by atoms with van der Waals surface area (Å²) in [6.45, 7) is 3.16. The van der Waals surface area contributed by atoms with Crippen molar-refractivity contribution in [2.24, 2.45) is 7.05 Å². The number of fused-ring (bicyclic) bond motifs is 1. The molecule has 0 aliphatic carbocycles. The molecule has 0 bridgehead atoms. The first-order valence-corrected chi connectivity index (χ1v) is 11.4. The summed E-state index contributed by atoms with van der Waals surface area (Å²) in [5.74, 6) is 0.254. The van der Waals surface area contributed by atoms with E-state index in [0.717, 1.165) is 43.7 Å². The standard InChI is InChI=1S/C26H27N5O2/c1-29-25(32)22-11-12-23(21-10-6-14-30(18-21)16-20-9-5-13-27-15-20)28-24(22)31(26(29)33)17-19-7-3-2-4-8-19/h2-5,7-9,11-13,15,21H,6,10,14,16-18H2,1H3/t21-/m0/s1. The Balaban J connectivity index is 1.50. The minimum Gasteiger partial charge on any atom is -0.298 e. The van der Waals surface area contributed by atoms with Crippen LogP contribution in [0.3, 0.4) is 0 Å². The molecule has 1 atom stereocenters. The lowest BCUT2D eigenvalue weighted by molar-refractivity contribution is 0.198. The van der Waals surface area contributed by atoms with E-state index in [-0.39, 0.29) is 17.2 Å². The maximum absolute atomic E-state index is 13.0. The van der Waals surface area contributed by atoms with Crippen molar-refractivity contribution in [3.05, 3.63) is 105 Å². The average molecular weight is 442 g/mol. The van der Waals surface area contributed by atoms with E-state index in [1.807, 2.05) is 54.7 Å². The average Bonchev–Trinajstić information content (AvgIpc) is 2.86. The van der Waals surface area contributed by atoms with Gasteiger partial charge < -0.3 is 0 Å². The molecule has 0 unspecified atom stereocenters. The fraction of sp³-hybridized carbons (Fsp3) is 0.308. The monoisotopic (exact) mass is 441 g/mol. The van der Waals surface area contributed by atoms with Gasteiger partial charge >= 0.3 is 5.69 Å². The molecule has 0 radical (unpaired) electrons. The first kappa shape index (κ1) is 21.3. The van der Waals surface area contributed by atoms with Crippen LogP contribution in [0, 0.1) is 0 Å². The number of benzene rings is 1. The van der Waals surface area contributed by atoms with Gasteiger partial charge in [0, 0.05) is 44.1 Å². The van der Waals surface area contributed by atoms with Crippen molar-refractivity contribution in [1.29, 1.82) is 0 Å². The summed E-state index contributed by atoms with van der Waals surface area (Å²) in [7, 11) is 1.52. The van der Waals surface area contributed by atoms with Crippen molar-refractivity contribution in [3.63, 3.8) is 0 Å². The molecule has 3 aromatic heterocycles. The number of piperidine rings is 1. The van der Waals surface area contributed by atoms with E-state index in [9.17, 15) is 9.59 Å². The Morgan fingerprint density at radius 2 is 1.79 bits per heavy atom. The van der Waals surface area contributed by atoms with Crippen LogP contribution in [0.15, 0.2) is 76.6 Å². The van der Waals surface area contributed by atoms with Crippen LogP contribution in [0.1, 0.15) is 35.6 Å². The van der Waals surface area contributed by atoms with Gasteiger partial charge in [0.1, 0.15) is 5.65 Å². The summed E-state index contributed by atoms with van der Waals surface area (Å²) < 4.78 is 2.79. The van der Waals surface area contributed by atoms with Gasteiger partial charge in [0.15, 0.2) is 0 Å². The van der Waals surface area contributed by atoms with Gasteiger partial charge in [-0.1, -0.05) is 36.4 Å². The molecule has 0 saturated carbocycles. The van der Waals surface area contributed by atoms with E-state index in [0.29, 0.717) is 17.6 Å². The Morgan fingerprint density at radius 3 is 2.58 bits per heavy atom. The van der Waals surface area contributed by atoms with Crippen LogP contribution in [0.4, 0.5) is 0 Å². The van der Waals surface area contributed by atoms with Crippen LogP contribution in [-0.2, 0) is 20.1 Å². The predicted octanol–water partition coefficient (Wildman–Crippen LogP) is 2.92. The van der Waals surface area contributed by atoms with Crippen LogP contribution in [-0.4, -0.2) is 37.1 Å². The second kappa shape index (κ2) is 9.11. The topological polar surface area (TPSA) is 73.0 Å². The van der Waals surface area contributed by atoms with Gasteiger partial charge in [-0.25, -0.2) is 9.78 Å². The molecule has 0 N–H and O–H groups in total. The van der Waals surface area contributed by atoms with Gasteiger partial charge in [-0.3, -0.25) is 23.8 Å². The summed E-state index contributed by atoms with van der Waals surface area (Å²) in [6, 6.07) is 17.7. The van der Waals surface area contributed by atoms with Gasteiger partial charge in [0.2, 0.25) is 0 Å². The predicted molar refractivity (Wildman–Crippen MR) is 128 cm³/mol. The first-order chi connectivity index (χ1) is 16.1. The molecule has 4 aromatic rings. The quantitative estimate of drug-likeness (QED) is 0.476. The SMILES string of the molecule is Cn1c(=O)c2ccc([C@H]3CCCN(Cc4cccnc4)C3)nc2n(Cc2ccccc2)c1=O. The Kier molecular flexibility index (Phi) is 5.88. The highest BCUT2D eigenvalue weighted by Crippen LogP contribution is 2.27. The van der Waals surface area contributed by atoms with Crippen molar-refractivity contribution in [2.45, 2.75) is 31.8 Å². The zero-order valence-corrected chi connectivity index (χ0v) is 18.7. The zero-order valence-electron chi connectivity index (χ0n) is 18.7. The summed E-state index contributed by atoms with van der Waals surface area (Å²) in [5.41, 5.74) is 2.95. The van der Waals surface area contributed by atoms with Crippen LogP contribution >= 0.6 is 0 Å². The molecule has 1 aromatic carbocycles. The number of rotatable bonds is 5. The third-order valence-electron chi connectivity index (χ3n) is 6.44. The highest BCUT2D eigenvalue weighted by molar-refractivity contribution is 5.74. The van der Waals surface area contributed by atoms with Crippen LogP contribution in [0.5, 0.6) is 0 Å². The molecule has 1 fully saturated rings. The molecule has 33 heavy (non-hydrogen) atoms. The zero-order chi connectivity index (χ0) is 22.8. The molecule has 5 rings (SSSR count). The van der Waals surface area contributed by atoms with Crippen molar-refractivity contribution < 1.29 is 0 Å². The van der Waals surface area contributed by atoms with Gasteiger partial charge in [0.25, 0.3) is 5.56 Å². The maximum Gasteiger partial charge on any atom is 0.332 e. The molecular weight excluding hydrogens is 414 g/mol. The molecule has 0 amide bonds. The minimum absolute atomic E-state index is 0.254. The van der Waals surface area contributed by atoms with E-state index < -0.39 is 0 Å². The summed E-state index contributed by atoms with van der Waals surface area (Å²) in [4.78, 5) is 37.4. The lowest BCUT2D eigenvalue weighted by Gasteiger charge is -2.32. The highest BCUT2D eigenvalue weighted by atomic mass is 16.2. The van der Waals surface area contributed by atoms with Crippen LogP contribution in [0.25, 0.3) is 11.0 Å².